The summed E-state index contributed by atoms with van der Waals surface area (Å²) in [4.78, 5) is 8.96. The first kappa shape index (κ1) is 14.6. The second-order valence-corrected chi connectivity index (χ2v) is 5.73. The Morgan fingerprint density at radius 2 is 2.14 bits per heavy atom. The number of nitrogens with zero attached hydrogens (tertiary/aromatic N) is 2. The number of aromatic nitrogens is 2. The zero-order valence-corrected chi connectivity index (χ0v) is 13.3. The van der Waals surface area contributed by atoms with Gasteiger partial charge in [-0.2, -0.15) is 4.98 Å². The Labute approximate surface area is 130 Å². The summed E-state index contributed by atoms with van der Waals surface area (Å²) in [5.74, 6) is 2.09. The molecule has 1 aromatic heterocycles. The number of nitrogens with one attached hydrogen (secondary N) is 1. The fourth-order valence-corrected chi connectivity index (χ4v) is 2.94. The van der Waals surface area contributed by atoms with E-state index in [0.29, 0.717) is 18.4 Å². The van der Waals surface area contributed by atoms with Crippen molar-refractivity contribution in [3.05, 3.63) is 40.6 Å². The monoisotopic (exact) mass is 298 g/mol. The van der Waals surface area contributed by atoms with Gasteiger partial charge in [0.05, 0.1) is 12.6 Å². The van der Waals surface area contributed by atoms with E-state index >= 15 is 0 Å². The molecule has 0 spiro atoms. The van der Waals surface area contributed by atoms with Crippen LogP contribution < -0.4 is 15.8 Å². The van der Waals surface area contributed by atoms with E-state index in [2.05, 4.69) is 41.3 Å². The topological polar surface area (TPSA) is 73.1 Å². The standard InChI is InChI=1S/C17H22N4O/c1-4-12-11(3)19-17(21-16(12)18)20-14-7-8-22-15-6-5-10(2)9-13(14)15/h5-6,9,14H,4,7-8H2,1-3H3,(H3,18,19,20,21). The molecule has 3 N–H and O–H groups in total. The lowest BCUT2D eigenvalue weighted by Crippen LogP contribution is -2.22. The highest BCUT2D eigenvalue weighted by Crippen LogP contribution is 2.34. The zero-order valence-electron chi connectivity index (χ0n) is 13.3. The molecule has 0 saturated heterocycles. The third kappa shape index (κ3) is 2.71. The van der Waals surface area contributed by atoms with E-state index in [4.69, 9.17) is 10.5 Å². The van der Waals surface area contributed by atoms with Crippen molar-refractivity contribution in [1.82, 2.24) is 9.97 Å². The summed E-state index contributed by atoms with van der Waals surface area (Å²) in [7, 11) is 0. The van der Waals surface area contributed by atoms with Crippen LogP contribution in [0.1, 0.15) is 41.8 Å². The number of nitrogen functional groups attached to an aromatic ring is 1. The number of ether oxygens (including phenoxy) is 1. The molecule has 0 aliphatic carbocycles. The van der Waals surface area contributed by atoms with Crippen LogP contribution >= 0.6 is 0 Å². The van der Waals surface area contributed by atoms with Gasteiger partial charge in [0.15, 0.2) is 0 Å². The fourth-order valence-electron chi connectivity index (χ4n) is 2.94. The molecule has 2 heterocycles. The smallest absolute Gasteiger partial charge is 0.225 e. The highest BCUT2D eigenvalue weighted by Gasteiger charge is 2.22. The van der Waals surface area contributed by atoms with Crippen LogP contribution in [0, 0.1) is 13.8 Å². The Hall–Kier alpha value is -2.30. The van der Waals surface area contributed by atoms with Gasteiger partial charge in [0.1, 0.15) is 11.6 Å². The van der Waals surface area contributed by atoms with Crippen LogP contribution in [0.15, 0.2) is 18.2 Å². The number of anilines is 2. The van der Waals surface area contributed by atoms with Crippen molar-refractivity contribution < 1.29 is 4.74 Å². The number of hydrogen-bond donors (Lipinski definition) is 2. The molecule has 1 unspecified atom stereocenters. The van der Waals surface area contributed by atoms with Gasteiger partial charge in [-0.1, -0.05) is 24.6 Å². The molecular weight excluding hydrogens is 276 g/mol. The number of benzene rings is 1. The number of fused-ring (bicyclic) bond motifs is 1. The minimum atomic E-state index is 0.148. The lowest BCUT2D eigenvalue weighted by molar-refractivity contribution is 0.274. The summed E-state index contributed by atoms with van der Waals surface area (Å²) in [5, 5.41) is 3.42. The Kier molecular flexibility index (Phi) is 3.88. The summed E-state index contributed by atoms with van der Waals surface area (Å²) in [6, 6.07) is 6.40. The largest absolute Gasteiger partial charge is 0.493 e. The predicted molar refractivity (Wildman–Crippen MR) is 88.2 cm³/mol. The van der Waals surface area contributed by atoms with Gasteiger partial charge in [0.2, 0.25) is 5.95 Å². The molecule has 22 heavy (non-hydrogen) atoms. The van der Waals surface area contributed by atoms with Crippen molar-refractivity contribution in [3.63, 3.8) is 0 Å². The maximum Gasteiger partial charge on any atom is 0.225 e. The van der Waals surface area contributed by atoms with E-state index in [9.17, 15) is 0 Å². The lowest BCUT2D eigenvalue weighted by Gasteiger charge is -2.27. The molecule has 5 nitrogen and oxygen atoms in total. The van der Waals surface area contributed by atoms with Gasteiger partial charge in [-0.05, 0) is 26.3 Å². The van der Waals surface area contributed by atoms with Crippen LogP contribution in [0.5, 0.6) is 5.75 Å². The third-order valence-electron chi connectivity index (χ3n) is 4.11. The maximum absolute atomic E-state index is 6.04. The van der Waals surface area contributed by atoms with Crippen LogP contribution in [0.2, 0.25) is 0 Å². The second-order valence-electron chi connectivity index (χ2n) is 5.73. The van der Waals surface area contributed by atoms with Gasteiger partial charge in [-0.25, -0.2) is 4.98 Å². The van der Waals surface area contributed by atoms with E-state index in [0.717, 1.165) is 35.4 Å². The molecule has 116 valence electrons. The van der Waals surface area contributed by atoms with Crippen molar-refractivity contribution in [2.24, 2.45) is 0 Å². The SMILES string of the molecule is CCc1c(C)nc(NC2CCOc3ccc(C)cc32)nc1N. The molecule has 0 radical (unpaired) electrons. The van der Waals surface area contributed by atoms with Crippen LogP contribution in [0.3, 0.4) is 0 Å². The van der Waals surface area contributed by atoms with Crippen molar-refractivity contribution in [2.45, 2.75) is 39.7 Å². The number of hydrogen-bond acceptors (Lipinski definition) is 5. The van der Waals surface area contributed by atoms with Gasteiger partial charge < -0.3 is 15.8 Å². The second kappa shape index (κ2) is 5.83. The molecule has 1 aliphatic heterocycles. The molecule has 0 bridgehead atoms. The average Bonchev–Trinajstić information content (AvgIpc) is 2.47. The Balaban J connectivity index is 1.90. The van der Waals surface area contributed by atoms with Crippen molar-refractivity contribution in [1.29, 1.82) is 0 Å². The minimum absolute atomic E-state index is 0.148. The van der Waals surface area contributed by atoms with E-state index in [1.54, 1.807) is 0 Å². The van der Waals surface area contributed by atoms with Gasteiger partial charge in [0, 0.05) is 23.2 Å². The quantitative estimate of drug-likeness (QED) is 0.910. The summed E-state index contributed by atoms with van der Waals surface area (Å²) in [6.45, 7) is 6.81. The molecule has 1 atom stereocenters. The van der Waals surface area contributed by atoms with Crippen molar-refractivity contribution in [2.75, 3.05) is 17.7 Å². The zero-order chi connectivity index (χ0) is 15.7. The summed E-state index contributed by atoms with van der Waals surface area (Å²) in [5.41, 5.74) is 10.4. The van der Waals surface area contributed by atoms with E-state index < -0.39 is 0 Å². The van der Waals surface area contributed by atoms with Gasteiger partial charge in [-0.15, -0.1) is 0 Å². The van der Waals surface area contributed by atoms with Crippen molar-refractivity contribution in [3.8, 4) is 5.75 Å². The van der Waals surface area contributed by atoms with Gasteiger partial charge in [-0.3, -0.25) is 0 Å². The molecule has 1 aromatic carbocycles. The summed E-state index contributed by atoms with van der Waals surface area (Å²) >= 11 is 0. The highest BCUT2D eigenvalue weighted by molar-refractivity contribution is 5.49. The molecule has 2 aromatic rings. The first-order valence-corrected chi connectivity index (χ1v) is 7.71. The van der Waals surface area contributed by atoms with Gasteiger partial charge >= 0.3 is 0 Å². The van der Waals surface area contributed by atoms with Crippen LogP contribution in [0.4, 0.5) is 11.8 Å². The van der Waals surface area contributed by atoms with E-state index in [1.807, 2.05) is 13.0 Å². The van der Waals surface area contributed by atoms with E-state index in [1.165, 1.54) is 5.56 Å². The Morgan fingerprint density at radius 3 is 2.86 bits per heavy atom. The maximum atomic E-state index is 6.04. The summed E-state index contributed by atoms with van der Waals surface area (Å²) in [6.07, 6.45) is 1.73. The Bertz CT molecular complexity index is 676. The fraction of sp³-hybridized carbons (Fsp3) is 0.412. The highest BCUT2D eigenvalue weighted by atomic mass is 16.5. The molecule has 0 amide bonds. The van der Waals surface area contributed by atoms with Crippen LogP contribution in [-0.4, -0.2) is 16.6 Å². The molecular formula is C17H22N4O. The number of nitrogens with two attached hydrogens (primary N) is 1. The summed E-state index contributed by atoms with van der Waals surface area (Å²) < 4.78 is 5.72. The third-order valence-corrected chi connectivity index (χ3v) is 4.11. The van der Waals surface area contributed by atoms with Crippen molar-refractivity contribution >= 4 is 11.8 Å². The normalized spacial score (nSPS) is 16.8. The Morgan fingerprint density at radius 1 is 1.32 bits per heavy atom. The first-order chi connectivity index (χ1) is 10.6. The molecule has 1 aliphatic rings. The minimum Gasteiger partial charge on any atom is -0.493 e. The number of rotatable bonds is 3. The molecule has 5 heteroatoms. The lowest BCUT2D eigenvalue weighted by atomic mass is 9.99. The van der Waals surface area contributed by atoms with Crippen LogP contribution in [-0.2, 0) is 6.42 Å². The molecule has 3 rings (SSSR count). The average molecular weight is 298 g/mol. The molecule has 0 fully saturated rings. The van der Waals surface area contributed by atoms with E-state index in [-0.39, 0.29) is 6.04 Å². The number of aryl methyl sites for hydroxylation is 2. The van der Waals surface area contributed by atoms with Gasteiger partial charge in [0.25, 0.3) is 0 Å². The predicted octanol–water partition coefficient (Wildman–Crippen LogP) is 3.17. The first-order valence-electron chi connectivity index (χ1n) is 7.71. The molecule has 0 saturated carbocycles. The van der Waals surface area contributed by atoms with Crippen LogP contribution in [0.25, 0.3) is 0 Å².